The van der Waals surface area contributed by atoms with Crippen LogP contribution < -0.4 is 0 Å². The Morgan fingerprint density at radius 2 is 2.45 bits per heavy atom. The molecule has 1 fully saturated rings. The SMILES string of the molecule is C=CCOCc1cncc2c1CCN(C(=O)[C@@H]1CCCO1)C2. The lowest BCUT2D eigenvalue weighted by Gasteiger charge is -2.31. The number of rotatable bonds is 5. The zero-order valence-corrected chi connectivity index (χ0v) is 12.8. The summed E-state index contributed by atoms with van der Waals surface area (Å²) in [5.41, 5.74) is 3.51. The third kappa shape index (κ3) is 3.20. The van der Waals surface area contributed by atoms with Gasteiger partial charge in [-0.1, -0.05) is 6.08 Å². The van der Waals surface area contributed by atoms with Crippen molar-refractivity contribution in [3.63, 3.8) is 0 Å². The van der Waals surface area contributed by atoms with Gasteiger partial charge in [-0.25, -0.2) is 0 Å². The van der Waals surface area contributed by atoms with Crippen molar-refractivity contribution in [3.8, 4) is 0 Å². The van der Waals surface area contributed by atoms with Crippen LogP contribution in [-0.4, -0.2) is 41.7 Å². The third-order valence-electron chi connectivity index (χ3n) is 4.24. The zero-order valence-electron chi connectivity index (χ0n) is 12.8. The molecule has 3 heterocycles. The second-order valence-electron chi connectivity index (χ2n) is 5.75. The molecule has 0 bridgehead atoms. The number of pyridine rings is 1. The smallest absolute Gasteiger partial charge is 0.252 e. The molecule has 0 aliphatic carbocycles. The van der Waals surface area contributed by atoms with Crippen molar-refractivity contribution in [2.75, 3.05) is 19.8 Å². The molecule has 1 atom stereocenters. The van der Waals surface area contributed by atoms with Gasteiger partial charge in [-0.05, 0) is 36.0 Å². The first kappa shape index (κ1) is 15.2. The molecule has 0 aromatic carbocycles. The van der Waals surface area contributed by atoms with Crippen molar-refractivity contribution in [2.24, 2.45) is 0 Å². The predicted octanol–water partition coefficient (Wildman–Crippen LogP) is 1.85. The van der Waals surface area contributed by atoms with Crippen molar-refractivity contribution < 1.29 is 14.3 Å². The van der Waals surface area contributed by atoms with Crippen LogP contribution in [-0.2, 0) is 33.8 Å². The normalized spacial score (nSPS) is 20.7. The highest BCUT2D eigenvalue weighted by molar-refractivity contribution is 5.81. The minimum atomic E-state index is -0.242. The van der Waals surface area contributed by atoms with Crippen molar-refractivity contribution in [2.45, 2.75) is 38.5 Å². The van der Waals surface area contributed by atoms with E-state index in [2.05, 4.69) is 11.6 Å². The molecule has 2 aliphatic heterocycles. The van der Waals surface area contributed by atoms with Gasteiger partial charge in [0.25, 0.3) is 5.91 Å². The summed E-state index contributed by atoms with van der Waals surface area (Å²) in [6.45, 7) is 6.79. The van der Waals surface area contributed by atoms with Gasteiger partial charge in [0, 0.05) is 32.1 Å². The predicted molar refractivity (Wildman–Crippen MR) is 82.2 cm³/mol. The Balaban J connectivity index is 1.69. The summed E-state index contributed by atoms with van der Waals surface area (Å²) >= 11 is 0. The van der Waals surface area contributed by atoms with Crippen LogP contribution >= 0.6 is 0 Å². The maximum atomic E-state index is 12.5. The number of amides is 1. The minimum absolute atomic E-state index is 0.122. The quantitative estimate of drug-likeness (QED) is 0.615. The summed E-state index contributed by atoms with van der Waals surface area (Å²) in [4.78, 5) is 18.6. The van der Waals surface area contributed by atoms with E-state index in [0.29, 0.717) is 26.4 Å². The molecule has 0 unspecified atom stereocenters. The van der Waals surface area contributed by atoms with E-state index in [9.17, 15) is 4.79 Å². The minimum Gasteiger partial charge on any atom is -0.373 e. The van der Waals surface area contributed by atoms with Gasteiger partial charge in [-0.2, -0.15) is 0 Å². The first-order valence-corrected chi connectivity index (χ1v) is 7.83. The Morgan fingerprint density at radius 3 is 3.23 bits per heavy atom. The number of hydrogen-bond donors (Lipinski definition) is 0. The van der Waals surface area contributed by atoms with E-state index in [0.717, 1.165) is 36.9 Å². The first-order valence-electron chi connectivity index (χ1n) is 7.83. The number of hydrogen-bond acceptors (Lipinski definition) is 4. The van der Waals surface area contributed by atoms with Crippen LogP contribution in [0.3, 0.4) is 0 Å². The molecule has 2 aliphatic rings. The van der Waals surface area contributed by atoms with Crippen LogP contribution in [0, 0.1) is 0 Å². The second kappa shape index (κ2) is 7.03. The molecule has 0 radical (unpaired) electrons. The van der Waals surface area contributed by atoms with Crippen LogP contribution in [0.5, 0.6) is 0 Å². The van der Waals surface area contributed by atoms with Crippen molar-refractivity contribution in [1.82, 2.24) is 9.88 Å². The number of nitrogens with zero attached hydrogens (tertiary/aromatic N) is 2. The summed E-state index contributed by atoms with van der Waals surface area (Å²) < 4.78 is 11.0. The summed E-state index contributed by atoms with van der Waals surface area (Å²) in [5.74, 6) is 0.122. The summed E-state index contributed by atoms with van der Waals surface area (Å²) in [6, 6.07) is 0. The molecule has 118 valence electrons. The Kier molecular flexibility index (Phi) is 4.85. The van der Waals surface area contributed by atoms with Crippen LogP contribution in [0.1, 0.15) is 29.5 Å². The number of ether oxygens (including phenoxy) is 2. The Bertz CT molecular complexity index is 553. The number of fused-ring (bicyclic) bond motifs is 1. The van der Waals surface area contributed by atoms with Crippen LogP contribution in [0.2, 0.25) is 0 Å². The molecule has 1 saturated heterocycles. The highest BCUT2D eigenvalue weighted by Crippen LogP contribution is 2.24. The van der Waals surface area contributed by atoms with Gasteiger partial charge in [0.2, 0.25) is 0 Å². The fraction of sp³-hybridized carbons (Fsp3) is 0.529. The molecule has 22 heavy (non-hydrogen) atoms. The van der Waals surface area contributed by atoms with Crippen molar-refractivity contribution in [1.29, 1.82) is 0 Å². The van der Waals surface area contributed by atoms with Crippen LogP contribution in [0.25, 0.3) is 0 Å². The lowest BCUT2D eigenvalue weighted by molar-refractivity contribution is -0.141. The fourth-order valence-corrected chi connectivity index (χ4v) is 3.11. The molecule has 1 amide bonds. The molecular weight excluding hydrogens is 280 g/mol. The Morgan fingerprint density at radius 1 is 1.55 bits per heavy atom. The molecule has 0 spiro atoms. The van der Waals surface area contributed by atoms with E-state index >= 15 is 0 Å². The summed E-state index contributed by atoms with van der Waals surface area (Å²) in [5, 5.41) is 0. The Hall–Kier alpha value is -1.72. The molecule has 0 N–H and O–H groups in total. The van der Waals surface area contributed by atoms with Gasteiger partial charge in [-0.15, -0.1) is 6.58 Å². The molecule has 1 aromatic heterocycles. The number of carbonyl (C=O) groups is 1. The van der Waals surface area contributed by atoms with Gasteiger partial charge < -0.3 is 14.4 Å². The largest absolute Gasteiger partial charge is 0.373 e. The van der Waals surface area contributed by atoms with E-state index < -0.39 is 0 Å². The molecule has 5 heteroatoms. The molecule has 1 aromatic rings. The molecule has 0 saturated carbocycles. The van der Waals surface area contributed by atoms with Crippen LogP contribution in [0.15, 0.2) is 25.0 Å². The van der Waals surface area contributed by atoms with E-state index in [1.165, 1.54) is 5.56 Å². The summed E-state index contributed by atoms with van der Waals surface area (Å²) in [7, 11) is 0. The average molecular weight is 302 g/mol. The maximum absolute atomic E-state index is 12.5. The van der Waals surface area contributed by atoms with E-state index in [1.807, 2.05) is 17.3 Å². The highest BCUT2D eigenvalue weighted by atomic mass is 16.5. The molecule has 3 rings (SSSR count). The molecular formula is C17H22N2O3. The summed E-state index contributed by atoms with van der Waals surface area (Å²) in [6.07, 6.45) is 7.89. The van der Waals surface area contributed by atoms with Crippen molar-refractivity contribution in [3.05, 3.63) is 41.7 Å². The monoisotopic (exact) mass is 302 g/mol. The van der Waals surface area contributed by atoms with E-state index in [1.54, 1.807) is 6.08 Å². The molecule has 5 nitrogen and oxygen atoms in total. The van der Waals surface area contributed by atoms with Gasteiger partial charge in [0.1, 0.15) is 6.10 Å². The lowest BCUT2D eigenvalue weighted by atomic mass is 9.97. The van der Waals surface area contributed by atoms with E-state index in [-0.39, 0.29) is 12.0 Å². The fourth-order valence-electron chi connectivity index (χ4n) is 3.11. The second-order valence-corrected chi connectivity index (χ2v) is 5.75. The lowest BCUT2D eigenvalue weighted by Crippen LogP contribution is -2.42. The van der Waals surface area contributed by atoms with E-state index in [4.69, 9.17) is 9.47 Å². The maximum Gasteiger partial charge on any atom is 0.252 e. The third-order valence-corrected chi connectivity index (χ3v) is 4.24. The standard InChI is InChI=1S/C17H22N2O3/c1-2-7-21-12-14-10-18-9-13-11-19(6-5-15(13)14)17(20)16-4-3-8-22-16/h2,9-10,16H,1,3-8,11-12H2/t16-/m0/s1. The number of aromatic nitrogens is 1. The van der Waals surface area contributed by atoms with Gasteiger partial charge in [0.05, 0.1) is 13.2 Å². The highest BCUT2D eigenvalue weighted by Gasteiger charge is 2.30. The van der Waals surface area contributed by atoms with Gasteiger partial charge >= 0.3 is 0 Å². The first-order chi connectivity index (χ1) is 10.8. The van der Waals surface area contributed by atoms with Crippen LogP contribution in [0.4, 0.5) is 0 Å². The average Bonchev–Trinajstić information content (AvgIpc) is 3.08. The van der Waals surface area contributed by atoms with Crippen molar-refractivity contribution >= 4 is 5.91 Å². The van der Waals surface area contributed by atoms with Gasteiger partial charge in [0.15, 0.2) is 0 Å². The zero-order chi connectivity index (χ0) is 15.4. The topological polar surface area (TPSA) is 51.7 Å². The number of carbonyl (C=O) groups excluding carboxylic acids is 1. The Labute approximate surface area is 130 Å². The van der Waals surface area contributed by atoms with Gasteiger partial charge in [-0.3, -0.25) is 9.78 Å².